The maximum absolute atomic E-state index is 4.34. The summed E-state index contributed by atoms with van der Waals surface area (Å²) < 4.78 is 0. The van der Waals surface area contributed by atoms with Crippen molar-refractivity contribution in [1.29, 1.82) is 0 Å². The molecule has 0 aromatic heterocycles. The summed E-state index contributed by atoms with van der Waals surface area (Å²) in [6.07, 6.45) is 0. The molecule has 0 unspecified atom stereocenters. The Labute approximate surface area is 141 Å². The van der Waals surface area contributed by atoms with Gasteiger partial charge in [0.05, 0.1) is 0 Å². The predicted octanol–water partition coefficient (Wildman–Crippen LogP) is 6.46. The molecule has 23 heavy (non-hydrogen) atoms. The molecule has 4 aromatic carbocycles. The number of benzene rings is 4. The van der Waals surface area contributed by atoms with Crippen LogP contribution < -0.4 is 0 Å². The van der Waals surface area contributed by atoms with Crippen molar-refractivity contribution in [1.82, 2.24) is 0 Å². The molecule has 0 radical (unpaired) electrons. The van der Waals surface area contributed by atoms with Crippen LogP contribution in [0, 0.1) is 0 Å². The molecule has 0 saturated heterocycles. The van der Waals surface area contributed by atoms with E-state index in [1.54, 1.807) is 0 Å². The van der Waals surface area contributed by atoms with Gasteiger partial charge in [0.25, 0.3) is 0 Å². The zero-order valence-electron chi connectivity index (χ0n) is 12.6. The SMILES string of the molecule is Sc1ccc(-c2ccc(-c3ccc4ccccc4c3)cc2)cc1. The van der Waals surface area contributed by atoms with E-state index in [1.165, 1.54) is 33.0 Å². The van der Waals surface area contributed by atoms with Gasteiger partial charge in [-0.25, -0.2) is 0 Å². The molecule has 0 aliphatic carbocycles. The highest BCUT2D eigenvalue weighted by Gasteiger charge is 2.02. The maximum Gasteiger partial charge on any atom is 0.00404 e. The molecular formula is C22H16S. The Hall–Kier alpha value is -2.51. The molecule has 0 bridgehead atoms. The Bertz CT molecular complexity index is 951. The third-order valence-electron chi connectivity index (χ3n) is 4.17. The Balaban J connectivity index is 1.70. The smallest absolute Gasteiger partial charge is 0.00404 e. The number of rotatable bonds is 2. The topological polar surface area (TPSA) is 0 Å². The molecular weight excluding hydrogens is 296 g/mol. The molecule has 4 rings (SSSR count). The van der Waals surface area contributed by atoms with Gasteiger partial charge in [0.15, 0.2) is 0 Å². The van der Waals surface area contributed by atoms with Crippen molar-refractivity contribution in [3.05, 3.63) is 91.0 Å². The maximum atomic E-state index is 4.34. The zero-order valence-corrected chi connectivity index (χ0v) is 13.5. The minimum atomic E-state index is 0.988. The van der Waals surface area contributed by atoms with Crippen LogP contribution in [-0.4, -0.2) is 0 Å². The predicted molar refractivity (Wildman–Crippen MR) is 102 cm³/mol. The van der Waals surface area contributed by atoms with Crippen LogP contribution in [0.4, 0.5) is 0 Å². The fourth-order valence-electron chi connectivity index (χ4n) is 2.88. The highest BCUT2D eigenvalue weighted by Crippen LogP contribution is 2.27. The first-order chi connectivity index (χ1) is 11.3. The van der Waals surface area contributed by atoms with Gasteiger partial charge in [-0.3, -0.25) is 0 Å². The van der Waals surface area contributed by atoms with Gasteiger partial charge < -0.3 is 0 Å². The molecule has 0 nitrogen and oxygen atoms in total. The Morgan fingerprint density at radius 3 is 1.57 bits per heavy atom. The summed E-state index contributed by atoms with van der Waals surface area (Å²) in [6, 6.07) is 32.1. The summed E-state index contributed by atoms with van der Waals surface area (Å²) in [5, 5.41) is 2.55. The highest BCUT2D eigenvalue weighted by atomic mass is 32.1. The van der Waals surface area contributed by atoms with E-state index in [2.05, 4.69) is 91.5 Å². The first kappa shape index (κ1) is 14.1. The monoisotopic (exact) mass is 312 g/mol. The van der Waals surface area contributed by atoms with Crippen LogP contribution in [0.2, 0.25) is 0 Å². The molecule has 0 saturated carbocycles. The number of thiol groups is 1. The third-order valence-corrected chi connectivity index (χ3v) is 4.47. The van der Waals surface area contributed by atoms with E-state index in [0.717, 1.165) is 4.90 Å². The zero-order chi connectivity index (χ0) is 15.6. The summed E-state index contributed by atoms with van der Waals surface area (Å²) in [5.74, 6) is 0. The molecule has 0 spiro atoms. The van der Waals surface area contributed by atoms with E-state index in [9.17, 15) is 0 Å². The van der Waals surface area contributed by atoms with Crippen LogP contribution in [0.5, 0.6) is 0 Å². The van der Waals surface area contributed by atoms with Crippen LogP contribution in [0.15, 0.2) is 95.9 Å². The molecule has 0 heterocycles. The van der Waals surface area contributed by atoms with E-state index in [4.69, 9.17) is 0 Å². The van der Waals surface area contributed by atoms with Crippen LogP contribution >= 0.6 is 12.6 Å². The number of hydrogen-bond acceptors (Lipinski definition) is 1. The number of hydrogen-bond donors (Lipinski definition) is 1. The molecule has 0 N–H and O–H groups in total. The van der Waals surface area contributed by atoms with Gasteiger partial charge in [-0.15, -0.1) is 12.6 Å². The van der Waals surface area contributed by atoms with Gasteiger partial charge in [-0.1, -0.05) is 72.8 Å². The second-order valence-corrected chi connectivity index (χ2v) is 6.20. The fourth-order valence-corrected chi connectivity index (χ4v) is 3.03. The van der Waals surface area contributed by atoms with Crippen molar-refractivity contribution in [2.75, 3.05) is 0 Å². The van der Waals surface area contributed by atoms with E-state index in [0.29, 0.717) is 0 Å². The molecule has 110 valence electrons. The van der Waals surface area contributed by atoms with Crippen molar-refractivity contribution in [3.63, 3.8) is 0 Å². The number of fused-ring (bicyclic) bond motifs is 1. The van der Waals surface area contributed by atoms with E-state index >= 15 is 0 Å². The third kappa shape index (κ3) is 2.88. The van der Waals surface area contributed by atoms with Crippen molar-refractivity contribution >= 4 is 23.4 Å². The summed E-state index contributed by atoms with van der Waals surface area (Å²) >= 11 is 4.34. The lowest BCUT2D eigenvalue weighted by atomic mass is 9.98. The van der Waals surface area contributed by atoms with Crippen LogP contribution in [0.1, 0.15) is 0 Å². The van der Waals surface area contributed by atoms with Crippen LogP contribution in [0.3, 0.4) is 0 Å². The summed E-state index contributed by atoms with van der Waals surface area (Å²) in [6.45, 7) is 0. The van der Waals surface area contributed by atoms with Gasteiger partial charge in [-0.2, -0.15) is 0 Å². The van der Waals surface area contributed by atoms with Gasteiger partial charge in [0.1, 0.15) is 0 Å². The van der Waals surface area contributed by atoms with Crippen molar-refractivity contribution in [2.24, 2.45) is 0 Å². The van der Waals surface area contributed by atoms with E-state index in [-0.39, 0.29) is 0 Å². The standard InChI is InChI=1S/C22H16S/c23-22-13-11-18(12-14-22)17-5-7-19(8-6-17)21-10-9-16-3-1-2-4-20(16)15-21/h1-15,23H. The molecule has 0 atom stereocenters. The van der Waals surface area contributed by atoms with E-state index in [1.807, 2.05) is 12.1 Å². The lowest BCUT2D eigenvalue weighted by Gasteiger charge is -2.07. The molecule has 0 amide bonds. The molecule has 0 aliphatic rings. The minimum absolute atomic E-state index is 0.988. The molecule has 0 fully saturated rings. The van der Waals surface area contributed by atoms with Gasteiger partial charge in [0.2, 0.25) is 0 Å². The summed E-state index contributed by atoms with van der Waals surface area (Å²) in [5.41, 5.74) is 4.93. The fraction of sp³-hybridized carbons (Fsp3) is 0. The first-order valence-electron chi connectivity index (χ1n) is 7.68. The van der Waals surface area contributed by atoms with Gasteiger partial charge >= 0.3 is 0 Å². The first-order valence-corrected chi connectivity index (χ1v) is 8.13. The summed E-state index contributed by atoms with van der Waals surface area (Å²) in [4.78, 5) is 0.988. The molecule has 1 heteroatoms. The van der Waals surface area contributed by atoms with Crippen molar-refractivity contribution in [3.8, 4) is 22.3 Å². The van der Waals surface area contributed by atoms with Gasteiger partial charge in [-0.05, 0) is 51.2 Å². The Morgan fingerprint density at radius 1 is 0.435 bits per heavy atom. The lowest BCUT2D eigenvalue weighted by molar-refractivity contribution is 1.47. The Kier molecular flexibility index (Phi) is 3.64. The van der Waals surface area contributed by atoms with Gasteiger partial charge in [0, 0.05) is 4.90 Å². The molecule has 0 aliphatic heterocycles. The Morgan fingerprint density at radius 2 is 0.913 bits per heavy atom. The van der Waals surface area contributed by atoms with Crippen molar-refractivity contribution < 1.29 is 0 Å². The van der Waals surface area contributed by atoms with Crippen LogP contribution in [-0.2, 0) is 0 Å². The second-order valence-electron chi connectivity index (χ2n) is 5.69. The molecule has 4 aromatic rings. The average molecular weight is 312 g/mol. The summed E-state index contributed by atoms with van der Waals surface area (Å²) in [7, 11) is 0. The lowest BCUT2D eigenvalue weighted by Crippen LogP contribution is -1.81. The average Bonchev–Trinajstić information content (AvgIpc) is 2.62. The van der Waals surface area contributed by atoms with E-state index < -0.39 is 0 Å². The minimum Gasteiger partial charge on any atom is -0.143 e. The highest BCUT2D eigenvalue weighted by molar-refractivity contribution is 7.80. The largest absolute Gasteiger partial charge is 0.143 e. The quantitative estimate of drug-likeness (QED) is 0.403. The van der Waals surface area contributed by atoms with Crippen LogP contribution in [0.25, 0.3) is 33.0 Å². The van der Waals surface area contributed by atoms with Crippen molar-refractivity contribution in [2.45, 2.75) is 4.90 Å². The normalized spacial score (nSPS) is 10.8. The second kappa shape index (κ2) is 5.94.